The third-order valence-electron chi connectivity index (χ3n) is 10.9. The number of piperidine rings is 1. The number of likely N-dealkylation sites (tertiary alicyclic amines) is 1. The summed E-state index contributed by atoms with van der Waals surface area (Å²) in [4.78, 5) is 26.2. The number of hydrogen-bond donors (Lipinski definition) is 0. The molecule has 0 amide bonds. The Bertz CT molecular complexity index is 2190. The van der Waals surface area contributed by atoms with Crippen molar-refractivity contribution in [3.63, 3.8) is 0 Å². The van der Waals surface area contributed by atoms with Gasteiger partial charge in [-0.05, 0) is 101 Å². The quantitative estimate of drug-likeness (QED) is 0.151. The molecule has 0 radical (unpaired) electrons. The van der Waals surface area contributed by atoms with Gasteiger partial charge in [-0.3, -0.25) is 4.90 Å². The number of carbonyl (C=O) groups is 1. The van der Waals surface area contributed by atoms with Crippen LogP contribution in [0.4, 0.5) is 0 Å². The fourth-order valence-corrected chi connectivity index (χ4v) is 8.03. The molecule has 0 unspecified atom stereocenters. The number of para-hydroxylation sites is 2. The van der Waals surface area contributed by atoms with Crippen LogP contribution in [-0.4, -0.2) is 54.2 Å². The molecule has 0 aliphatic carbocycles. The Hall–Kier alpha value is -4.75. The van der Waals surface area contributed by atoms with E-state index >= 15 is 0 Å². The number of imidazole rings is 2. The second kappa shape index (κ2) is 12.9. The van der Waals surface area contributed by atoms with Gasteiger partial charge in [-0.1, -0.05) is 61.5 Å². The number of hydrogen-bond acceptors (Lipinski definition) is 5. The van der Waals surface area contributed by atoms with Crippen LogP contribution < -0.4 is 0 Å². The van der Waals surface area contributed by atoms with Crippen LogP contribution in [0, 0.1) is 6.92 Å². The first-order valence-electron chi connectivity index (χ1n) is 17.9. The lowest BCUT2D eigenvalue weighted by molar-refractivity contribution is -0.0731. The van der Waals surface area contributed by atoms with Crippen LogP contribution in [0.15, 0.2) is 84.9 Å². The summed E-state index contributed by atoms with van der Waals surface area (Å²) in [6, 6.07) is 29.1. The maximum atomic E-state index is 13.7. The summed E-state index contributed by atoms with van der Waals surface area (Å²) >= 11 is 0. The summed E-state index contributed by atoms with van der Waals surface area (Å²) in [6.07, 6.45) is 3.38. The number of nitrogens with zero attached hydrogens (tertiary/aromatic N) is 5. The van der Waals surface area contributed by atoms with E-state index in [1.165, 1.54) is 5.56 Å². The number of carbonyl (C=O) groups excluding carboxylic acids is 1. The van der Waals surface area contributed by atoms with Gasteiger partial charge in [0.2, 0.25) is 0 Å². The van der Waals surface area contributed by atoms with Gasteiger partial charge in [0.1, 0.15) is 17.8 Å². The molecule has 2 aromatic heterocycles. The minimum atomic E-state index is -0.258. The van der Waals surface area contributed by atoms with Crippen LogP contribution in [0.5, 0.6) is 0 Å². The lowest BCUT2D eigenvalue weighted by Crippen LogP contribution is -2.60. The van der Waals surface area contributed by atoms with Gasteiger partial charge in [0, 0.05) is 49.5 Å². The molecule has 0 spiro atoms. The molecule has 1 saturated heterocycles. The highest BCUT2D eigenvalue weighted by molar-refractivity contribution is 5.97. The first-order valence-corrected chi connectivity index (χ1v) is 17.9. The van der Waals surface area contributed by atoms with Gasteiger partial charge in [-0.25, -0.2) is 14.8 Å². The van der Waals surface area contributed by atoms with E-state index in [4.69, 9.17) is 14.7 Å². The van der Waals surface area contributed by atoms with E-state index in [0.717, 1.165) is 81.7 Å². The second-order valence-corrected chi connectivity index (χ2v) is 15.4. The van der Waals surface area contributed by atoms with E-state index in [2.05, 4.69) is 124 Å². The summed E-state index contributed by atoms with van der Waals surface area (Å²) in [5.41, 5.74) is 10.0. The molecule has 7 heteroatoms. The van der Waals surface area contributed by atoms with Crippen molar-refractivity contribution in [3.8, 4) is 22.5 Å². The number of benzene rings is 4. The van der Waals surface area contributed by atoms with Gasteiger partial charge >= 0.3 is 5.97 Å². The van der Waals surface area contributed by atoms with Crippen LogP contribution in [-0.2, 0) is 24.8 Å². The summed E-state index contributed by atoms with van der Waals surface area (Å²) in [5.74, 6) is 1.78. The van der Waals surface area contributed by atoms with Gasteiger partial charge < -0.3 is 13.9 Å². The maximum Gasteiger partial charge on any atom is 0.339 e. The molecule has 0 bridgehead atoms. The highest BCUT2D eigenvalue weighted by Crippen LogP contribution is 2.39. The Kier molecular flexibility index (Phi) is 8.67. The molecule has 7 rings (SSSR count). The minimum Gasteiger partial charge on any atom is -0.459 e. The molecule has 4 aromatic carbocycles. The molecule has 7 nitrogen and oxygen atoms in total. The van der Waals surface area contributed by atoms with E-state index < -0.39 is 0 Å². The fourth-order valence-electron chi connectivity index (χ4n) is 8.03. The van der Waals surface area contributed by atoms with Crippen LogP contribution in [0.25, 0.3) is 44.6 Å². The second-order valence-electron chi connectivity index (χ2n) is 15.4. The molecule has 1 aliphatic rings. The molecule has 0 N–H and O–H groups in total. The van der Waals surface area contributed by atoms with Crippen LogP contribution in [0.3, 0.4) is 0 Å². The molecule has 0 saturated carbocycles. The van der Waals surface area contributed by atoms with Crippen molar-refractivity contribution in [2.45, 2.75) is 91.0 Å². The van der Waals surface area contributed by atoms with Crippen molar-refractivity contribution in [1.29, 1.82) is 0 Å². The van der Waals surface area contributed by atoms with E-state index in [0.29, 0.717) is 12.1 Å². The standard InChI is InChI=1S/C43H49N5O2/c1-9-14-38-45-39-28(2)23-31(40-44-35-17-12-13-18-36(35)46(40)7)24-37(39)48(38)27-29-19-21-30(22-20-29)33-15-10-11-16-34(33)41(49)50-32-25-42(3,4)47(8)43(5,6)26-32/h10-13,15-24,32H,9,14,25-27H2,1-8H3. The number of esters is 1. The summed E-state index contributed by atoms with van der Waals surface area (Å²) in [7, 11) is 4.25. The van der Waals surface area contributed by atoms with Crippen molar-refractivity contribution < 1.29 is 9.53 Å². The topological polar surface area (TPSA) is 65.2 Å². The molecule has 6 aromatic rings. The normalized spacial score (nSPS) is 16.3. The van der Waals surface area contributed by atoms with Crippen molar-refractivity contribution in [2.24, 2.45) is 7.05 Å². The molecule has 1 aliphatic heterocycles. The molecule has 3 heterocycles. The molecular formula is C43H49N5O2. The summed E-state index contributed by atoms with van der Waals surface area (Å²) in [5, 5.41) is 0. The van der Waals surface area contributed by atoms with Gasteiger partial charge in [0.15, 0.2) is 0 Å². The number of aryl methyl sites for hydroxylation is 3. The van der Waals surface area contributed by atoms with Gasteiger partial charge in [-0.2, -0.15) is 0 Å². The molecule has 0 atom stereocenters. The zero-order valence-corrected chi connectivity index (χ0v) is 30.7. The van der Waals surface area contributed by atoms with Gasteiger partial charge in [0.05, 0.1) is 27.6 Å². The van der Waals surface area contributed by atoms with Gasteiger partial charge in [-0.15, -0.1) is 0 Å². The number of rotatable bonds is 8. The number of ether oxygens (including phenoxy) is 1. The monoisotopic (exact) mass is 667 g/mol. The Balaban J connectivity index is 1.18. The lowest BCUT2D eigenvalue weighted by atomic mass is 9.78. The largest absolute Gasteiger partial charge is 0.459 e. The average molecular weight is 668 g/mol. The van der Waals surface area contributed by atoms with Crippen LogP contribution in [0.1, 0.15) is 81.2 Å². The molecule has 50 heavy (non-hydrogen) atoms. The van der Waals surface area contributed by atoms with E-state index in [9.17, 15) is 4.79 Å². The molecule has 258 valence electrons. The smallest absolute Gasteiger partial charge is 0.339 e. The number of fused-ring (bicyclic) bond motifs is 2. The lowest BCUT2D eigenvalue weighted by Gasteiger charge is -2.53. The number of aromatic nitrogens is 4. The predicted molar refractivity (Wildman–Crippen MR) is 204 cm³/mol. The zero-order chi connectivity index (χ0) is 35.4. The van der Waals surface area contributed by atoms with Crippen molar-refractivity contribution in [1.82, 2.24) is 24.0 Å². The molecular weight excluding hydrogens is 619 g/mol. The highest BCUT2D eigenvalue weighted by Gasteiger charge is 2.44. The Morgan fingerprint density at radius 1 is 0.840 bits per heavy atom. The predicted octanol–water partition coefficient (Wildman–Crippen LogP) is 9.37. The zero-order valence-electron chi connectivity index (χ0n) is 30.7. The van der Waals surface area contributed by atoms with Crippen molar-refractivity contribution in [2.75, 3.05) is 7.05 Å². The first-order chi connectivity index (χ1) is 23.9. The maximum absolute atomic E-state index is 13.7. The van der Waals surface area contributed by atoms with Gasteiger partial charge in [0.25, 0.3) is 0 Å². The highest BCUT2D eigenvalue weighted by atomic mass is 16.5. The fraction of sp³-hybridized carbons (Fsp3) is 0.372. The Labute approximate surface area is 295 Å². The van der Waals surface area contributed by atoms with Crippen LogP contribution >= 0.6 is 0 Å². The Morgan fingerprint density at radius 3 is 2.22 bits per heavy atom. The van der Waals surface area contributed by atoms with Crippen LogP contribution in [0.2, 0.25) is 0 Å². The van der Waals surface area contributed by atoms with E-state index in [1.807, 2.05) is 30.3 Å². The minimum absolute atomic E-state index is 0.0627. The van der Waals surface area contributed by atoms with Crippen molar-refractivity contribution >= 4 is 28.0 Å². The molecule has 1 fully saturated rings. The SMILES string of the molecule is CCCc1nc2c(C)cc(-c3nc4ccccc4n3C)cc2n1Cc1ccc(-c2ccccc2C(=O)OC2CC(C)(C)N(C)C(C)(C)C2)cc1. The van der Waals surface area contributed by atoms with E-state index in [-0.39, 0.29) is 23.2 Å². The third-order valence-corrected chi connectivity index (χ3v) is 10.9. The Morgan fingerprint density at radius 2 is 1.52 bits per heavy atom. The summed E-state index contributed by atoms with van der Waals surface area (Å²) in [6.45, 7) is 14.0. The average Bonchev–Trinajstić information content (AvgIpc) is 3.61. The first kappa shape index (κ1) is 33.7. The summed E-state index contributed by atoms with van der Waals surface area (Å²) < 4.78 is 10.8. The third kappa shape index (κ3) is 6.13. The van der Waals surface area contributed by atoms with Crippen molar-refractivity contribution in [3.05, 3.63) is 107 Å². The van der Waals surface area contributed by atoms with E-state index in [1.54, 1.807) is 0 Å².